The van der Waals surface area contributed by atoms with Gasteiger partial charge in [-0.15, -0.1) is 0 Å². The average Bonchev–Trinajstić information content (AvgIpc) is 2.14. The van der Waals surface area contributed by atoms with E-state index < -0.39 is 0 Å². The third-order valence-corrected chi connectivity index (χ3v) is 3.68. The van der Waals surface area contributed by atoms with Crippen molar-refractivity contribution in [3.8, 4) is 0 Å². The third-order valence-electron chi connectivity index (χ3n) is 3.68. The minimum absolute atomic E-state index is 1.00. The maximum absolute atomic E-state index is 2.45. The molecular formula is C13H26. The molecule has 0 aromatic carbocycles. The molecule has 1 fully saturated rings. The number of hydrogen-bond donors (Lipinski definition) is 0. The molecule has 1 saturated carbocycles. The lowest BCUT2D eigenvalue weighted by atomic mass is 9.73. The molecule has 1 aliphatic carbocycles. The lowest BCUT2D eigenvalue weighted by molar-refractivity contribution is 0.191. The molecule has 0 spiro atoms. The van der Waals surface area contributed by atoms with Crippen LogP contribution in [0.2, 0.25) is 0 Å². The van der Waals surface area contributed by atoms with Crippen LogP contribution in [0.15, 0.2) is 0 Å². The molecule has 0 aliphatic heterocycles. The van der Waals surface area contributed by atoms with Gasteiger partial charge in [0.25, 0.3) is 0 Å². The highest BCUT2D eigenvalue weighted by Gasteiger charge is 2.24. The molecule has 0 aromatic rings. The van der Waals surface area contributed by atoms with Gasteiger partial charge >= 0.3 is 0 Å². The maximum Gasteiger partial charge on any atom is -0.0409 e. The van der Waals surface area contributed by atoms with Crippen molar-refractivity contribution in [2.75, 3.05) is 0 Å². The third kappa shape index (κ3) is 3.70. The predicted molar refractivity (Wildman–Crippen MR) is 59.8 cm³/mol. The topological polar surface area (TPSA) is 0 Å². The van der Waals surface area contributed by atoms with Crippen LogP contribution in [0.1, 0.15) is 65.7 Å². The molecule has 0 N–H and O–H groups in total. The van der Waals surface area contributed by atoms with E-state index in [1.807, 2.05) is 0 Å². The molecule has 0 amide bonds. The monoisotopic (exact) mass is 182 g/mol. The van der Waals surface area contributed by atoms with Crippen LogP contribution in [0.25, 0.3) is 0 Å². The fourth-order valence-electron chi connectivity index (χ4n) is 2.96. The van der Waals surface area contributed by atoms with E-state index in [4.69, 9.17) is 0 Å². The summed E-state index contributed by atoms with van der Waals surface area (Å²) in [5.74, 6) is 3.11. The molecule has 0 heterocycles. The molecule has 0 radical (unpaired) electrons. The number of unbranched alkanes of at least 4 members (excludes halogenated alkanes) is 1. The van der Waals surface area contributed by atoms with Crippen molar-refractivity contribution in [2.24, 2.45) is 17.8 Å². The van der Waals surface area contributed by atoms with Crippen LogP contribution >= 0.6 is 0 Å². The number of rotatable bonds is 4. The van der Waals surface area contributed by atoms with Gasteiger partial charge in [-0.25, -0.2) is 0 Å². The smallest absolute Gasteiger partial charge is 0.0409 e. The summed E-state index contributed by atoms with van der Waals surface area (Å²) in [5.41, 5.74) is 0. The van der Waals surface area contributed by atoms with Gasteiger partial charge in [0, 0.05) is 0 Å². The van der Waals surface area contributed by atoms with Gasteiger partial charge < -0.3 is 0 Å². The Kier molecular flexibility index (Phi) is 4.83. The lowest BCUT2D eigenvalue weighted by Crippen LogP contribution is -2.20. The maximum atomic E-state index is 2.45. The van der Waals surface area contributed by atoms with E-state index in [0.717, 1.165) is 17.8 Å². The Bertz CT molecular complexity index is 128. The van der Waals surface area contributed by atoms with Crippen LogP contribution in [-0.2, 0) is 0 Å². The molecule has 13 heavy (non-hydrogen) atoms. The summed E-state index contributed by atoms with van der Waals surface area (Å²) in [7, 11) is 0. The van der Waals surface area contributed by atoms with Crippen molar-refractivity contribution in [3.63, 3.8) is 0 Å². The zero-order valence-electron chi connectivity index (χ0n) is 9.68. The molecule has 1 rings (SSSR count). The zero-order valence-corrected chi connectivity index (χ0v) is 9.68. The van der Waals surface area contributed by atoms with Crippen LogP contribution < -0.4 is 0 Å². The van der Waals surface area contributed by atoms with Crippen molar-refractivity contribution in [1.82, 2.24) is 0 Å². The minimum atomic E-state index is 1.00. The molecule has 3 unspecified atom stereocenters. The highest BCUT2D eigenvalue weighted by atomic mass is 14.3. The fourth-order valence-corrected chi connectivity index (χ4v) is 2.96. The standard InChI is InChI=1S/C13H26/c1-4-6-7-13-9-11(3)8-12(5-2)10-13/h11-13H,4-10H2,1-3H3. The van der Waals surface area contributed by atoms with Crippen LogP contribution in [0.4, 0.5) is 0 Å². The quantitative estimate of drug-likeness (QED) is 0.594. The zero-order chi connectivity index (χ0) is 9.68. The van der Waals surface area contributed by atoms with Crippen LogP contribution in [0.3, 0.4) is 0 Å². The van der Waals surface area contributed by atoms with E-state index in [1.165, 1.54) is 44.9 Å². The van der Waals surface area contributed by atoms with E-state index in [1.54, 1.807) is 0 Å². The van der Waals surface area contributed by atoms with E-state index in [-0.39, 0.29) is 0 Å². The van der Waals surface area contributed by atoms with Gasteiger partial charge in [0.05, 0.1) is 0 Å². The molecule has 0 heteroatoms. The molecule has 0 saturated heterocycles. The summed E-state index contributed by atoms with van der Waals surface area (Å²) in [4.78, 5) is 0. The van der Waals surface area contributed by atoms with Crippen molar-refractivity contribution < 1.29 is 0 Å². The first kappa shape index (κ1) is 11.1. The molecule has 3 atom stereocenters. The van der Waals surface area contributed by atoms with E-state index in [0.29, 0.717) is 0 Å². The first-order valence-corrected chi connectivity index (χ1v) is 6.26. The predicted octanol–water partition coefficient (Wildman–Crippen LogP) is 4.64. The van der Waals surface area contributed by atoms with Crippen molar-refractivity contribution in [3.05, 3.63) is 0 Å². The van der Waals surface area contributed by atoms with Gasteiger partial charge in [0.15, 0.2) is 0 Å². The second-order valence-corrected chi connectivity index (χ2v) is 5.09. The summed E-state index contributed by atoms with van der Waals surface area (Å²) >= 11 is 0. The Morgan fingerprint density at radius 1 is 1.00 bits per heavy atom. The summed E-state index contributed by atoms with van der Waals surface area (Å²) in [6.45, 7) is 7.11. The first-order chi connectivity index (χ1) is 6.26. The Morgan fingerprint density at radius 3 is 2.31 bits per heavy atom. The highest BCUT2D eigenvalue weighted by Crippen LogP contribution is 2.37. The van der Waals surface area contributed by atoms with Crippen molar-refractivity contribution in [1.29, 1.82) is 0 Å². The molecule has 78 valence electrons. The molecule has 0 nitrogen and oxygen atoms in total. The normalized spacial score (nSPS) is 34.8. The van der Waals surface area contributed by atoms with Crippen LogP contribution in [0.5, 0.6) is 0 Å². The van der Waals surface area contributed by atoms with Gasteiger partial charge in [-0.2, -0.15) is 0 Å². The first-order valence-electron chi connectivity index (χ1n) is 6.26. The second kappa shape index (κ2) is 5.67. The molecule has 1 aliphatic rings. The second-order valence-electron chi connectivity index (χ2n) is 5.09. The van der Waals surface area contributed by atoms with E-state index in [2.05, 4.69) is 20.8 Å². The van der Waals surface area contributed by atoms with Crippen molar-refractivity contribution >= 4 is 0 Å². The largest absolute Gasteiger partial charge is 0.0654 e. The van der Waals surface area contributed by atoms with Gasteiger partial charge in [-0.3, -0.25) is 0 Å². The van der Waals surface area contributed by atoms with E-state index in [9.17, 15) is 0 Å². The Balaban J connectivity index is 2.29. The SMILES string of the molecule is CCCCC1CC(C)CC(CC)C1. The Morgan fingerprint density at radius 2 is 1.69 bits per heavy atom. The molecule has 0 aromatic heterocycles. The highest BCUT2D eigenvalue weighted by molar-refractivity contribution is 4.76. The fraction of sp³-hybridized carbons (Fsp3) is 1.00. The minimum Gasteiger partial charge on any atom is -0.0654 e. The van der Waals surface area contributed by atoms with Gasteiger partial charge in [-0.05, 0) is 37.0 Å². The average molecular weight is 182 g/mol. The Labute approximate surface area is 84.1 Å². The Hall–Kier alpha value is 0. The lowest BCUT2D eigenvalue weighted by Gasteiger charge is -2.32. The van der Waals surface area contributed by atoms with Crippen LogP contribution in [0, 0.1) is 17.8 Å². The van der Waals surface area contributed by atoms with Crippen molar-refractivity contribution in [2.45, 2.75) is 65.7 Å². The summed E-state index contributed by atoms with van der Waals surface area (Å²) in [6.07, 6.45) is 10.3. The van der Waals surface area contributed by atoms with E-state index >= 15 is 0 Å². The van der Waals surface area contributed by atoms with Crippen LogP contribution in [-0.4, -0.2) is 0 Å². The summed E-state index contributed by atoms with van der Waals surface area (Å²) in [5, 5.41) is 0. The van der Waals surface area contributed by atoms with Gasteiger partial charge in [0.2, 0.25) is 0 Å². The molecular weight excluding hydrogens is 156 g/mol. The van der Waals surface area contributed by atoms with Gasteiger partial charge in [-0.1, -0.05) is 46.5 Å². The summed E-state index contributed by atoms with van der Waals surface area (Å²) in [6, 6.07) is 0. The van der Waals surface area contributed by atoms with Gasteiger partial charge in [0.1, 0.15) is 0 Å². The summed E-state index contributed by atoms with van der Waals surface area (Å²) < 4.78 is 0. The molecule has 0 bridgehead atoms. The number of hydrogen-bond acceptors (Lipinski definition) is 0.